The van der Waals surface area contributed by atoms with Crippen LogP contribution in [0.15, 0.2) is 12.1 Å². The zero-order valence-corrected chi connectivity index (χ0v) is 13.0. The second-order valence-electron chi connectivity index (χ2n) is 5.85. The van der Waals surface area contributed by atoms with E-state index in [1.165, 1.54) is 17.5 Å². The molecule has 0 spiro atoms. The first-order chi connectivity index (χ1) is 9.49. The monoisotopic (exact) mass is 275 g/mol. The van der Waals surface area contributed by atoms with E-state index < -0.39 is 6.10 Å². The molecule has 1 heterocycles. The summed E-state index contributed by atoms with van der Waals surface area (Å²) in [6.07, 6.45) is 3.05. The largest absolute Gasteiger partial charge is 0.481 e. The number of aryl methyl sites for hydroxylation is 2. The Kier molecular flexibility index (Phi) is 4.69. The molecule has 0 aromatic heterocycles. The van der Waals surface area contributed by atoms with E-state index in [2.05, 4.69) is 19.9 Å². The first kappa shape index (κ1) is 14.9. The number of hydrogen-bond donors (Lipinski definition) is 0. The number of carbonyl (C=O) groups is 1. The summed E-state index contributed by atoms with van der Waals surface area (Å²) in [6, 6.07) is 4.15. The molecule has 0 aliphatic carbocycles. The van der Waals surface area contributed by atoms with E-state index in [1.54, 1.807) is 0 Å². The molecule has 1 saturated heterocycles. The molecule has 1 atom stereocenters. The van der Waals surface area contributed by atoms with Crippen molar-refractivity contribution in [3.63, 3.8) is 0 Å². The van der Waals surface area contributed by atoms with Crippen molar-refractivity contribution in [1.82, 2.24) is 4.90 Å². The van der Waals surface area contributed by atoms with Crippen molar-refractivity contribution >= 4 is 5.91 Å². The maximum Gasteiger partial charge on any atom is 0.263 e. The number of rotatable bonds is 3. The smallest absolute Gasteiger partial charge is 0.263 e. The molecule has 110 valence electrons. The van der Waals surface area contributed by atoms with Gasteiger partial charge in [0.25, 0.3) is 5.91 Å². The Morgan fingerprint density at radius 3 is 2.45 bits per heavy atom. The average molecular weight is 275 g/mol. The average Bonchev–Trinajstić information content (AvgIpc) is 2.44. The van der Waals surface area contributed by atoms with Gasteiger partial charge in [0, 0.05) is 13.1 Å². The van der Waals surface area contributed by atoms with Crippen LogP contribution in [0.3, 0.4) is 0 Å². The molecule has 1 aliphatic rings. The van der Waals surface area contributed by atoms with E-state index in [1.807, 2.05) is 24.8 Å². The minimum atomic E-state index is -0.409. The van der Waals surface area contributed by atoms with Gasteiger partial charge in [-0.2, -0.15) is 0 Å². The normalized spacial score (nSPS) is 16.9. The van der Waals surface area contributed by atoms with E-state index in [-0.39, 0.29) is 5.91 Å². The van der Waals surface area contributed by atoms with Crippen LogP contribution >= 0.6 is 0 Å². The molecule has 3 heteroatoms. The number of amides is 1. The van der Waals surface area contributed by atoms with Crippen molar-refractivity contribution in [3.8, 4) is 5.75 Å². The molecule has 0 bridgehead atoms. The minimum absolute atomic E-state index is 0.114. The highest BCUT2D eigenvalue weighted by Gasteiger charge is 2.24. The fraction of sp³-hybridized carbons (Fsp3) is 0.588. The number of likely N-dealkylation sites (tertiary alicyclic amines) is 1. The van der Waals surface area contributed by atoms with Crippen LogP contribution in [0.4, 0.5) is 0 Å². The van der Waals surface area contributed by atoms with Gasteiger partial charge in [0.15, 0.2) is 6.10 Å². The van der Waals surface area contributed by atoms with Crippen LogP contribution in [0.5, 0.6) is 5.75 Å². The molecule has 1 aliphatic heterocycles. The molecule has 1 amide bonds. The van der Waals surface area contributed by atoms with Gasteiger partial charge in [0.1, 0.15) is 5.75 Å². The summed E-state index contributed by atoms with van der Waals surface area (Å²) in [5.41, 5.74) is 3.49. The van der Waals surface area contributed by atoms with Gasteiger partial charge in [-0.15, -0.1) is 0 Å². The number of piperidine rings is 1. The van der Waals surface area contributed by atoms with Gasteiger partial charge in [-0.25, -0.2) is 0 Å². The van der Waals surface area contributed by atoms with Crippen molar-refractivity contribution < 1.29 is 9.53 Å². The van der Waals surface area contributed by atoms with Crippen LogP contribution in [0.2, 0.25) is 0 Å². The van der Waals surface area contributed by atoms with Crippen molar-refractivity contribution in [3.05, 3.63) is 28.8 Å². The summed E-state index contributed by atoms with van der Waals surface area (Å²) in [5.74, 6) is 0.948. The molecule has 0 saturated carbocycles. The van der Waals surface area contributed by atoms with Crippen molar-refractivity contribution in [1.29, 1.82) is 0 Å². The van der Waals surface area contributed by atoms with Crippen LogP contribution in [-0.4, -0.2) is 30.0 Å². The lowest BCUT2D eigenvalue weighted by Gasteiger charge is -2.29. The number of hydrogen-bond acceptors (Lipinski definition) is 2. The topological polar surface area (TPSA) is 29.5 Å². The quantitative estimate of drug-likeness (QED) is 0.846. The third-order valence-electron chi connectivity index (χ3n) is 4.08. The third kappa shape index (κ3) is 3.33. The standard InChI is InChI=1S/C17H25NO2/c1-12-10-13(2)14(3)16(11-12)20-15(4)17(19)18-8-6-5-7-9-18/h10-11,15H,5-9H2,1-4H3/t15-/m1/s1. The van der Waals surface area contributed by atoms with Gasteiger partial charge in [-0.3, -0.25) is 4.79 Å². The summed E-state index contributed by atoms with van der Waals surface area (Å²) in [6.45, 7) is 9.77. The van der Waals surface area contributed by atoms with Crippen LogP contribution in [0, 0.1) is 20.8 Å². The SMILES string of the molecule is Cc1cc(C)c(C)c(O[C@H](C)C(=O)N2CCCCC2)c1. The predicted octanol–water partition coefficient (Wildman–Crippen LogP) is 3.39. The molecule has 1 aromatic carbocycles. The Balaban J connectivity index is 2.07. The van der Waals surface area contributed by atoms with E-state index in [0.717, 1.165) is 37.2 Å². The van der Waals surface area contributed by atoms with Crippen molar-refractivity contribution in [2.24, 2.45) is 0 Å². The Morgan fingerprint density at radius 2 is 1.80 bits per heavy atom. The molecule has 0 unspecified atom stereocenters. The number of benzene rings is 1. The van der Waals surface area contributed by atoms with E-state index in [9.17, 15) is 4.79 Å². The highest BCUT2D eigenvalue weighted by molar-refractivity contribution is 5.81. The predicted molar refractivity (Wildman–Crippen MR) is 81.2 cm³/mol. The summed E-state index contributed by atoms with van der Waals surface area (Å²) in [7, 11) is 0. The Hall–Kier alpha value is -1.51. The number of ether oxygens (including phenoxy) is 1. The third-order valence-corrected chi connectivity index (χ3v) is 4.08. The summed E-state index contributed by atoms with van der Waals surface area (Å²) >= 11 is 0. The zero-order chi connectivity index (χ0) is 14.7. The van der Waals surface area contributed by atoms with Gasteiger partial charge >= 0.3 is 0 Å². The lowest BCUT2D eigenvalue weighted by molar-refractivity contribution is -0.138. The maximum atomic E-state index is 12.4. The molecule has 0 radical (unpaired) electrons. The Morgan fingerprint density at radius 1 is 1.15 bits per heavy atom. The van der Waals surface area contributed by atoms with Crippen molar-refractivity contribution in [2.75, 3.05) is 13.1 Å². The first-order valence-corrected chi connectivity index (χ1v) is 7.52. The number of nitrogens with zero attached hydrogens (tertiary/aromatic N) is 1. The summed E-state index contributed by atoms with van der Waals surface area (Å²) < 4.78 is 5.93. The molecule has 3 nitrogen and oxygen atoms in total. The van der Waals surface area contributed by atoms with Gasteiger partial charge in [0.05, 0.1) is 0 Å². The second-order valence-corrected chi connectivity index (χ2v) is 5.85. The molecule has 20 heavy (non-hydrogen) atoms. The highest BCUT2D eigenvalue weighted by Crippen LogP contribution is 2.25. The van der Waals surface area contributed by atoms with E-state index in [4.69, 9.17) is 4.74 Å². The van der Waals surface area contributed by atoms with Gasteiger partial charge in [-0.05, 0) is 69.7 Å². The molecule has 2 rings (SSSR count). The molecular formula is C17H25NO2. The van der Waals surface area contributed by atoms with Crippen LogP contribution < -0.4 is 4.74 Å². The van der Waals surface area contributed by atoms with E-state index in [0.29, 0.717) is 0 Å². The Labute approximate surface area is 121 Å². The van der Waals surface area contributed by atoms with Crippen LogP contribution in [0.25, 0.3) is 0 Å². The summed E-state index contributed by atoms with van der Waals surface area (Å²) in [4.78, 5) is 14.3. The van der Waals surface area contributed by atoms with Crippen molar-refractivity contribution in [2.45, 2.75) is 53.1 Å². The summed E-state index contributed by atoms with van der Waals surface area (Å²) in [5, 5.41) is 0. The zero-order valence-electron chi connectivity index (χ0n) is 13.0. The van der Waals surface area contributed by atoms with Gasteiger partial charge < -0.3 is 9.64 Å². The molecule has 1 fully saturated rings. The lowest BCUT2D eigenvalue weighted by Crippen LogP contribution is -2.43. The molecule has 1 aromatic rings. The first-order valence-electron chi connectivity index (χ1n) is 7.52. The van der Waals surface area contributed by atoms with Crippen LogP contribution in [0.1, 0.15) is 42.9 Å². The second kappa shape index (κ2) is 6.29. The highest BCUT2D eigenvalue weighted by atomic mass is 16.5. The number of carbonyl (C=O) groups excluding carboxylic acids is 1. The van der Waals surface area contributed by atoms with Gasteiger partial charge in [0.2, 0.25) is 0 Å². The fourth-order valence-electron chi connectivity index (χ4n) is 2.74. The minimum Gasteiger partial charge on any atom is -0.481 e. The molecule has 0 N–H and O–H groups in total. The van der Waals surface area contributed by atoms with E-state index >= 15 is 0 Å². The molecular weight excluding hydrogens is 250 g/mol. The maximum absolute atomic E-state index is 12.4. The van der Waals surface area contributed by atoms with Crippen LogP contribution in [-0.2, 0) is 4.79 Å². The van der Waals surface area contributed by atoms with Gasteiger partial charge in [-0.1, -0.05) is 6.07 Å². The Bertz CT molecular complexity index is 490. The lowest BCUT2D eigenvalue weighted by atomic mass is 10.1. The fourth-order valence-corrected chi connectivity index (χ4v) is 2.74.